The van der Waals surface area contributed by atoms with Gasteiger partial charge in [-0.2, -0.15) is 0 Å². The molecule has 0 rings (SSSR count). The van der Waals surface area contributed by atoms with Crippen LogP contribution in [-0.4, -0.2) is 47.8 Å². The van der Waals surface area contributed by atoms with Crippen molar-refractivity contribution >= 4 is 11.9 Å². The van der Waals surface area contributed by atoms with E-state index in [2.05, 4.69) is 16.6 Å². The van der Waals surface area contributed by atoms with Gasteiger partial charge in [0.1, 0.15) is 6.04 Å². The van der Waals surface area contributed by atoms with Gasteiger partial charge >= 0.3 is 5.97 Å². The second-order valence-electron chi connectivity index (χ2n) is 3.80. The highest BCUT2D eigenvalue weighted by Gasteiger charge is 2.15. The maximum atomic E-state index is 11.0. The quantitative estimate of drug-likeness (QED) is 0.307. The minimum atomic E-state index is -0.922. The Morgan fingerprint density at radius 3 is 2.61 bits per heavy atom. The van der Waals surface area contributed by atoms with Gasteiger partial charge in [0.15, 0.2) is 0 Å². The Kier molecular flexibility index (Phi) is 9.64. The van der Waals surface area contributed by atoms with Crippen LogP contribution in [0, 0.1) is 12.3 Å². The minimum Gasteiger partial charge on any atom is -0.480 e. The van der Waals surface area contributed by atoms with E-state index in [1.807, 2.05) is 0 Å². The van der Waals surface area contributed by atoms with Crippen molar-refractivity contribution in [3.8, 4) is 12.3 Å². The largest absolute Gasteiger partial charge is 0.480 e. The molecule has 0 aliphatic rings. The van der Waals surface area contributed by atoms with E-state index in [9.17, 15) is 9.59 Å². The second kappa shape index (κ2) is 10.6. The maximum Gasteiger partial charge on any atom is 0.320 e. The lowest BCUT2D eigenvalue weighted by atomic mass is 10.1. The zero-order valence-electron chi connectivity index (χ0n) is 10.3. The van der Waals surface area contributed by atoms with Crippen molar-refractivity contribution in [3.05, 3.63) is 0 Å². The number of unbranched alkanes of at least 4 members (excludes halogenated alkanes) is 1. The van der Waals surface area contributed by atoms with E-state index in [0.717, 1.165) is 0 Å². The highest BCUT2D eigenvalue weighted by molar-refractivity contribution is 5.75. The van der Waals surface area contributed by atoms with Crippen molar-refractivity contribution in [1.82, 2.24) is 10.6 Å². The Balaban J connectivity index is 3.64. The van der Waals surface area contributed by atoms with E-state index < -0.39 is 12.0 Å². The van der Waals surface area contributed by atoms with Gasteiger partial charge in [-0.1, -0.05) is 5.92 Å². The van der Waals surface area contributed by atoms with Gasteiger partial charge in [0.2, 0.25) is 5.91 Å². The first-order chi connectivity index (χ1) is 8.61. The number of rotatable bonds is 10. The first kappa shape index (κ1) is 16.4. The lowest BCUT2D eigenvalue weighted by molar-refractivity contribution is -0.139. The molecule has 1 amide bonds. The van der Waals surface area contributed by atoms with Gasteiger partial charge < -0.3 is 15.5 Å². The van der Waals surface area contributed by atoms with Crippen LogP contribution >= 0.6 is 0 Å². The molecular weight excluding hydrogens is 236 g/mol. The summed E-state index contributed by atoms with van der Waals surface area (Å²) in [6, 6.07) is -0.644. The molecule has 0 saturated carbocycles. The van der Waals surface area contributed by atoms with Crippen LogP contribution in [-0.2, 0) is 9.59 Å². The Morgan fingerprint density at radius 1 is 1.33 bits per heavy atom. The second-order valence-corrected chi connectivity index (χ2v) is 3.80. The van der Waals surface area contributed by atoms with Crippen molar-refractivity contribution in [2.24, 2.45) is 0 Å². The number of carboxylic acid groups (broad SMARTS) is 1. The molecule has 6 nitrogen and oxygen atoms in total. The van der Waals surface area contributed by atoms with E-state index in [1.54, 1.807) is 0 Å². The summed E-state index contributed by atoms with van der Waals surface area (Å²) in [7, 11) is 0. The molecule has 0 spiro atoms. The molecule has 6 heteroatoms. The van der Waals surface area contributed by atoms with Crippen LogP contribution in [0.15, 0.2) is 0 Å². The Morgan fingerprint density at radius 2 is 2.06 bits per heavy atom. The Labute approximate surface area is 107 Å². The monoisotopic (exact) mass is 256 g/mol. The van der Waals surface area contributed by atoms with E-state index >= 15 is 0 Å². The molecule has 0 aliphatic heterocycles. The third-order valence-corrected chi connectivity index (χ3v) is 2.33. The SMILES string of the molecule is C#CCN[C@H](CCCCNC(=O)CCO)C(=O)O. The molecule has 0 aromatic heterocycles. The highest BCUT2D eigenvalue weighted by atomic mass is 16.4. The van der Waals surface area contributed by atoms with Crippen LogP contribution in [0.3, 0.4) is 0 Å². The summed E-state index contributed by atoms with van der Waals surface area (Å²) in [5.74, 6) is 1.21. The number of aliphatic hydroxyl groups excluding tert-OH is 1. The average Bonchev–Trinajstić information content (AvgIpc) is 2.32. The smallest absolute Gasteiger partial charge is 0.320 e. The normalized spacial score (nSPS) is 11.6. The zero-order chi connectivity index (χ0) is 13.8. The highest BCUT2D eigenvalue weighted by Crippen LogP contribution is 2.00. The van der Waals surface area contributed by atoms with Crippen LogP contribution < -0.4 is 10.6 Å². The molecular formula is C12H20N2O4. The molecule has 0 saturated heterocycles. The number of hydrogen-bond acceptors (Lipinski definition) is 4. The predicted molar refractivity (Wildman–Crippen MR) is 66.8 cm³/mol. The topological polar surface area (TPSA) is 98.7 Å². The molecule has 0 heterocycles. The minimum absolute atomic E-state index is 0.0987. The summed E-state index contributed by atoms with van der Waals surface area (Å²) in [6.45, 7) is 0.549. The Hall–Kier alpha value is -1.58. The summed E-state index contributed by atoms with van der Waals surface area (Å²) in [5.41, 5.74) is 0. The van der Waals surface area contributed by atoms with Crippen molar-refractivity contribution in [1.29, 1.82) is 0 Å². The van der Waals surface area contributed by atoms with Gasteiger partial charge in [0.25, 0.3) is 0 Å². The predicted octanol–water partition coefficient (Wildman–Crippen LogP) is -0.669. The van der Waals surface area contributed by atoms with Gasteiger partial charge in [-0.05, 0) is 19.3 Å². The summed E-state index contributed by atoms with van der Waals surface area (Å²) < 4.78 is 0. The average molecular weight is 256 g/mol. The molecule has 0 aliphatic carbocycles. The summed E-state index contributed by atoms with van der Waals surface area (Å²) in [5, 5.41) is 22.8. The maximum absolute atomic E-state index is 11.0. The number of carboxylic acids is 1. The number of aliphatic hydroxyl groups is 1. The van der Waals surface area contributed by atoms with Gasteiger partial charge in [0, 0.05) is 13.0 Å². The van der Waals surface area contributed by atoms with E-state index in [-0.39, 0.29) is 25.5 Å². The van der Waals surface area contributed by atoms with E-state index in [4.69, 9.17) is 16.6 Å². The lowest BCUT2D eigenvalue weighted by Gasteiger charge is -2.12. The summed E-state index contributed by atoms with van der Waals surface area (Å²) in [4.78, 5) is 21.8. The number of carbonyl (C=O) groups excluding carboxylic acids is 1. The number of terminal acetylenes is 1. The standard InChI is InChI=1S/C12H20N2O4/c1-2-7-13-10(12(17)18)5-3-4-8-14-11(16)6-9-15/h1,10,13,15H,3-9H2,(H,14,16)(H,17,18)/t10-/m1/s1. The van der Waals surface area contributed by atoms with Gasteiger partial charge in [0.05, 0.1) is 13.2 Å². The van der Waals surface area contributed by atoms with Crippen LogP contribution in [0.25, 0.3) is 0 Å². The van der Waals surface area contributed by atoms with Crippen LogP contribution in [0.5, 0.6) is 0 Å². The molecule has 0 aromatic carbocycles. The number of nitrogens with one attached hydrogen (secondary N) is 2. The molecule has 0 aromatic rings. The third kappa shape index (κ3) is 8.56. The van der Waals surface area contributed by atoms with Crippen molar-refractivity contribution in [2.75, 3.05) is 19.7 Å². The van der Waals surface area contributed by atoms with Gasteiger partial charge in [-0.3, -0.25) is 14.9 Å². The van der Waals surface area contributed by atoms with Crippen LogP contribution in [0.4, 0.5) is 0 Å². The summed E-state index contributed by atoms with van der Waals surface area (Å²) in [6.07, 6.45) is 6.97. The van der Waals surface area contributed by atoms with Crippen molar-refractivity contribution < 1.29 is 19.8 Å². The van der Waals surface area contributed by atoms with E-state index in [0.29, 0.717) is 25.8 Å². The van der Waals surface area contributed by atoms with Crippen LogP contribution in [0.1, 0.15) is 25.7 Å². The number of aliphatic carboxylic acids is 1. The van der Waals surface area contributed by atoms with Crippen LogP contribution in [0.2, 0.25) is 0 Å². The fourth-order valence-electron chi connectivity index (χ4n) is 1.39. The van der Waals surface area contributed by atoms with Gasteiger partial charge in [-0.15, -0.1) is 6.42 Å². The molecule has 0 fully saturated rings. The van der Waals surface area contributed by atoms with Crippen molar-refractivity contribution in [3.63, 3.8) is 0 Å². The molecule has 4 N–H and O–H groups in total. The zero-order valence-corrected chi connectivity index (χ0v) is 10.3. The first-order valence-corrected chi connectivity index (χ1v) is 5.89. The lowest BCUT2D eigenvalue weighted by Crippen LogP contribution is -2.37. The fraction of sp³-hybridized carbons (Fsp3) is 0.667. The molecule has 0 radical (unpaired) electrons. The Bertz CT molecular complexity index is 299. The van der Waals surface area contributed by atoms with E-state index in [1.165, 1.54) is 0 Å². The molecule has 0 bridgehead atoms. The molecule has 18 heavy (non-hydrogen) atoms. The molecule has 1 atom stereocenters. The third-order valence-electron chi connectivity index (χ3n) is 2.33. The number of hydrogen-bond donors (Lipinski definition) is 4. The first-order valence-electron chi connectivity index (χ1n) is 5.89. The summed E-state index contributed by atoms with van der Waals surface area (Å²) >= 11 is 0. The molecule has 0 unspecified atom stereocenters. The number of amides is 1. The molecule has 102 valence electrons. The number of carbonyl (C=O) groups is 2. The van der Waals surface area contributed by atoms with Gasteiger partial charge in [-0.25, -0.2) is 0 Å². The van der Waals surface area contributed by atoms with Crippen molar-refractivity contribution in [2.45, 2.75) is 31.7 Å². The fourth-order valence-corrected chi connectivity index (χ4v) is 1.39.